The molecule has 0 radical (unpaired) electrons. The van der Waals surface area contributed by atoms with Crippen LogP contribution in [0.25, 0.3) is 0 Å². The SMILES string of the molecule is CC/C=C(\SCC)C(=O)Nc1ccc(C2=NNC(=O)OC2C)cc1. The van der Waals surface area contributed by atoms with Crippen molar-refractivity contribution in [3.8, 4) is 0 Å². The number of carbonyl (C=O) groups is 2. The predicted molar refractivity (Wildman–Crippen MR) is 97.2 cm³/mol. The third-order valence-electron chi connectivity index (χ3n) is 3.29. The number of carbonyl (C=O) groups excluding carboxylic acids is 2. The molecule has 0 fully saturated rings. The van der Waals surface area contributed by atoms with Crippen LogP contribution in [0.2, 0.25) is 0 Å². The van der Waals surface area contributed by atoms with Crippen molar-refractivity contribution in [1.29, 1.82) is 0 Å². The molecule has 1 unspecified atom stereocenters. The maximum absolute atomic E-state index is 12.3. The van der Waals surface area contributed by atoms with Gasteiger partial charge in [-0.2, -0.15) is 5.10 Å². The van der Waals surface area contributed by atoms with Crippen molar-refractivity contribution in [3.05, 3.63) is 40.8 Å². The highest BCUT2D eigenvalue weighted by molar-refractivity contribution is 8.03. The molecule has 0 spiro atoms. The van der Waals surface area contributed by atoms with Crippen molar-refractivity contribution in [1.82, 2.24) is 5.43 Å². The first kappa shape index (κ1) is 18.1. The first-order valence-corrected chi connectivity index (χ1v) is 8.82. The molecule has 2 N–H and O–H groups in total. The van der Waals surface area contributed by atoms with Crippen molar-refractivity contribution in [2.75, 3.05) is 11.1 Å². The highest BCUT2D eigenvalue weighted by Gasteiger charge is 2.22. The number of hydrogen-bond donors (Lipinski definition) is 2. The van der Waals surface area contributed by atoms with Gasteiger partial charge in [0.25, 0.3) is 5.91 Å². The Morgan fingerprint density at radius 3 is 2.67 bits per heavy atom. The molecule has 0 saturated heterocycles. The molecule has 128 valence electrons. The van der Waals surface area contributed by atoms with E-state index in [0.29, 0.717) is 11.4 Å². The first-order chi connectivity index (χ1) is 11.5. The van der Waals surface area contributed by atoms with Gasteiger partial charge in [0.15, 0.2) is 0 Å². The molecular weight excluding hydrogens is 326 g/mol. The molecular formula is C17H21N3O3S. The summed E-state index contributed by atoms with van der Waals surface area (Å²) in [5.74, 6) is 0.747. The van der Waals surface area contributed by atoms with Gasteiger partial charge >= 0.3 is 6.09 Å². The Hall–Kier alpha value is -2.28. The van der Waals surface area contributed by atoms with E-state index < -0.39 is 12.2 Å². The van der Waals surface area contributed by atoms with Crippen LogP contribution >= 0.6 is 11.8 Å². The Balaban J connectivity index is 2.08. The molecule has 0 aromatic heterocycles. The fraction of sp³-hybridized carbons (Fsp3) is 0.353. The Morgan fingerprint density at radius 2 is 2.08 bits per heavy atom. The zero-order valence-corrected chi connectivity index (χ0v) is 14.8. The van der Waals surface area contributed by atoms with Crippen LogP contribution in [0, 0.1) is 0 Å². The fourth-order valence-corrected chi connectivity index (χ4v) is 2.99. The van der Waals surface area contributed by atoms with Crippen LogP contribution in [-0.4, -0.2) is 29.6 Å². The van der Waals surface area contributed by atoms with Gasteiger partial charge in [0.1, 0.15) is 11.8 Å². The topological polar surface area (TPSA) is 79.8 Å². The fourth-order valence-electron chi connectivity index (χ4n) is 2.21. The lowest BCUT2D eigenvalue weighted by atomic mass is 10.1. The van der Waals surface area contributed by atoms with Crippen LogP contribution < -0.4 is 10.7 Å². The molecule has 1 aromatic carbocycles. The summed E-state index contributed by atoms with van der Waals surface area (Å²) in [7, 11) is 0. The minimum atomic E-state index is -0.557. The molecule has 0 aliphatic carbocycles. The van der Waals surface area contributed by atoms with E-state index in [0.717, 1.165) is 22.6 Å². The van der Waals surface area contributed by atoms with E-state index >= 15 is 0 Å². The van der Waals surface area contributed by atoms with E-state index in [2.05, 4.69) is 15.8 Å². The number of benzene rings is 1. The lowest BCUT2D eigenvalue weighted by Crippen LogP contribution is -2.37. The molecule has 1 aromatic rings. The third-order valence-corrected chi connectivity index (χ3v) is 4.24. The van der Waals surface area contributed by atoms with Crippen LogP contribution in [0.15, 0.2) is 40.3 Å². The maximum atomic E-state index is 12.3. The second kappa shape index (κ2) is 8.54. The summed E-state index contributed by atoms with van der Waals surface area (Å²) in [6, 6.07) is 7.28. The van der Waals surface area contributed by atoms with Crippen LogP contribution in [0.5, 0.6) is 0 Å². The summed E-state index contributed by atoms with van der Waals surface area (Å²) in [5, 5.41) is 6.91. The number of rotatable bonds is 6. The van der Waals surface area contributed by atoms with Crippen LogP contribution in [0.4, 0.5) is 10.5 Å². The average Bonchev–Trinajstić information content (AvgIpc) is 2.55. The van der Waals surface area contributed by atoms with Crippen molar-refractivity contribution < 1.29 is 14.3 Å². The molecule has 6 nitrogen and oxygen atoms in total. The highest BCUT2D eigenvalue weighted by Crippen LogP contribution is 2.20. The number of nitrogens with zero attached hydrogens (tertiary/aromatic N) is 1. The van der Waals surface area contributed by atoms with Crippen LogP contribution in [-0.2, 0) is 9.53 Å². The summed E-state index contributed by atoms with van der Waals surface area (Å²) in [6.45, 7) is 5.78. The summed E-state index contributed by atoms with van der Waals surface area (Å²) in [5.41, 5.74) is 4.47. The second-order valence-corrected chi connectivity index (χ2v) is 6.40. The summed E-state index contributed by atoms with van der Waals surface area (Å²) in [4.78, 5) is 24.1. The Bertz CT molecular complexity index is 668. The molecule has 7 heteroatoms. The largest absolute Gasteiger partial charge is 0.439 e. The van der Waals surface area contributed by atoms with E-state index in [1.54, 1.807) is 19.1 Å². The summed E-state index contributed by atoms with van der Waals surface area (Å²) >= 11 is 1.53. The smallest absolute Gasteiger partial charge is 0.428 e. The van der Waals surface area contributed by atoms with Gasteiger partial charge in [-0.1, -0.05) is 32.1 Å². The lowest BCUT2D eigenvalue weighted by molar-refractivity contribution is -0.112. The van der Waals surface area contributed by atoms with Gasteiger partial charge in [0, 0.05) is 11.3 Å². The molecule has 2 rings (SSSR count). The van der Waals surface area contributed by atoms with E-state index in [1.807, 2.05) is 32.1 Å². The highest BCUT2D eigenvalue weighted by atomic mass is 32.2. The Morgan fingerprint density at radius 1 is 1.38 bits per heavy atom. The zero-order valence-electron chi connectivity index (χ0n) is 14.0. The van der Waals surface area contributed by atoms with E-state index in [9.17, 15) is 9.59 Å². The lowest BCUT2D eigenvalue weighted by Gasteiger charge is -2.20. The molecule has 1 aliphatic rings. The van der Waals surface area contributed by atoms with E-state index in [-0.39, 0.29) is 5.91 Å². The number of anilines is 1. The monoisotopic (exact) mass is 347 g/mol. The molecule has 1 aliphatic heterocycles. The minimum Gasteiger partial charge on any atom is -0.439 e. The van der Waals surface area contributed by atoms with Gasteiger partial charge < -0.3 is 10.1 Å². The summed E-state index contributed by atoms with van der Waals surface area (Å²) < 4.78 is 5.07. The van der Waals surface area contributed by atoms with Crippen molar-refractivity contribution >= 4 is 35.2 Å². The van der Waals surface area contributed by atoms with Gasteiger partial charge in [-0.05, 0) is 31.2 Å². The van der Waals surface area contributed by atoms with Gasteiger partial charge in [0.05, 0.1) is 4.91 Å². The van der Waals surface area contributed by atoms with Gasteiger partial charge in [-0.25, -0.2) is 10.2 Å². The molecule has 0 saturated carbocycles. The Kier molecular flexibility index (Phi) is 6.43. The van der Waals surface area contributed by atoms with Gasteiger partial charge in [-0.3, -0.25) is 4.79 Å². The quantitative estimate of drug-likeness (QED) is 0.772. The molecule has 1 heterocycles. The number of amides is 2. The number of ether oxygens (including phenoxy) is 1. The number of hydrazone groups is 1. The molecule has 0 bridgehead atoms. The van der Waals surface area contributed by atoms with Gasteiger partial charge in [0.2, 0.25) is 0 Å². The Labute approximate surface area is 145 Å². The molecule has 24 heavy (non-hydrogen) atoms. The van der Waals surface area contributed by atoms with E-state index in [4.69, 9.17) is 4.74 Å². The predicted octanol–water partition coefficient (Wildman–Crippen LogP) is 3.50. The van der Waals surface area contributed by atoms with Crippen LogP contribution in [0.1, 0.15) is 32.8 Å². The number of cyclic esters (lactones) is 1. The average molecular weight is 347 g/mol. The van der Waals surface area contributed by atoms with Crippen molar-refractivity contribution in [2.24, 2.45) is 5.10 Å². The maximum Gasteiger partial charge on any atom is 0.428 e. The molecule has 2 amide bonds. The first-order valence-electron chi connectivity index (χ1n) is 7.84. The molecule has 1 atom stereocenters. The van der Waals surface area contributed by atoms with Crippen molar-refractivity contribution in [2.45, 2.75) is 33.3 Å². The number of thioether (sulfide) groups is 1. The third kappa shape index (κ3) is 4.61. The normalized spacial score (nSPS) is 17.6. The van der Waals surface area contributed by atoms with Crippen molar-refractivity contribution in [3.63, 3.8) is 0 Å². The number of allylic oxidation sites excluding steroid dienone is 1. The standard InChI is InChI=1S/C17H21N3O3S/c1-4-6-14(24-5-2)16(21)18-13-9-7-12(8-10-13)15-11(3)23-17(22)20-19-15/h6-11H,4-5H2,1-3H3,(H,18,21)(H,20,22)/b14-6-. The number of hydrogen-bond acceptors (Lipinski definition) is 5. The van der Waals surface area contributed by atoms with Crippen LogP contribution in [0.3, 0.4) is 0 Å². The van der Waals surface area contributed by atoms with E-state index in [1.165, 1.54) is 11.8 Å². The minimum absolute atomic E-state index is 0.101. The zero-order chi connectivity index (χ0) is 17.5. The summed E-state index contributed by atoms with van der Waals surface area (Å²) in [6.07, 6.45) is 1.77. The number of nitrogens with one attached hydrogen (secondary N) is 2. The second-order valence-electron chi connectivity index (χ2n) is 5.10. The van der Waals surface area contributed by atoms with Gasteiger partial charge in [-0.15, -0.1) is 11.8 Å².